The van der Waals surface area contributed by atoms with E-state index in [0.29, 0.717) is 12.3 Å². The summed E-state index contributed by atoms with van der Waals surface area (Å²) in [4.78, 5) is 0. The van der Waals surface area contributed by atoms with Gasteiger partial charge in [-0.25, -0.2) is 0 Å². The lowest BCUT2D eigenvalue weighted by Crippen LogP contribution is -3.00. The summed E-state index contributed by atoms with van der Waals surface area (Å²) in [6.45, 7) is 0.589. The van der Waals surface area contributed by atoms with Crippen LogP contribution in [0.5, 0.6) is 11.5 Å². The molecule has 74 valence electrons. The van der Waals surface area contributed by atoms with Gasteiger partial charge in [0.05, 0.1) is 7.11 Å². The summed E-state index contributed by atoms with van der Waals surface area (Å²) in [5.74, 6) is 0.666. The second-order valence-corrected chi connectivity index (χ2v) is 2.54. The lowest BCUT2D eigenvalue weighted by Gasteiger charge is -2.04. The number of methoxy groups -OCH3 is 1. The number of halogens is 1. The van der Waals surface area contributed by atoms with E-state index in [-0.39, 0.29) is 18.2 Å². The van der Waals surface area contributed by atoms with Crippen molar-refractivity contribution < 1.29 is 22.3 Å². The van der Waals surface area contributed by atoms with Crippen molar-refractivity contribution in [2.45, 2.75) is 6.42 Å². The maximum absolute atomic E-state index is 9.35. The molecule has 0 aliphatic heterocycles. The maximum Gasteiger partial charge on any atom is 0.160 e. The predicted octanol–water partition coefficient (Wildman–Crippen LogP) is -2.09. The molecule has 1 aromatic carbocycles. The Kier molecular flexibility index (Phi) is 5.26. The Balaban J connectivity index is 0.00000144. The van der Waals surface area contributed by atoms with Crippen molar-refractivity contribution >= 4 is 0 Å². The summed E-state index contributed by atoms with van der Waals surface area (Å²) in [7, 11) is 1.53. The number of phenolic OH excluding ortho intramolecular Hbond substituents is 1. The van der Waals surface area contributed by atoms with E-state index in [4.69, 9.17) is 10.5 Å². The molecule has 0 aromatic heterocycles. The van der Waals surface area contributed by atoms with Crippen molar-refractivity contribution in [2.75, 3.05) is 13.7 Å². The van der Waals surface area contributed by atoms with Gasteiger partial charge in [0.2, 0.25) is 0 Å². The number of aromatic hydroxyl groups is 1. The summed E-state index contributed by atoms with van der Waals surface area (Å²) in [5.41, 5.74) is 6.39. The number of benzene rings is 1. The second kappa shape index (κ2) is 5.67. The van der Waals surface area contributed by atoms with Gasteiger partial charge in [-0.2, -0.15) is 0 Å². The van der Waals surface area contributed by atoms with E-state index < -0.39 is 0 Å². The van der Waals surface area contributed by atoms with E-state index in [9.17, 15) is 5.11 Å². The van der Waals surface area contributed by atoms with Gasteiger partial charge in [0, 0.05) is 0 Å². The molecule has 0 amide bonds. The molecule has 0 saturated carbocycles. The molecule has 0 unspecified atom stereocenters. The van der Waals surface area contributed by atoms with Crippen molar-refractivity contribution in [1.82, 2.24) is 0 Å². The topological polar surface area (TPSA) is 55.5 Å². The molecule has 0 atom stereocenters. The molecule has 3 N–H and O–H groups in total. The molecule has 1 aromatic rings. The van der Waals surface area contributed by atoms with Crippen molar-refractivity contribution in [3.63, 3.8) is 0 Å². The van der Waals surface area contributed by atoms with Crippen LogP contribution >= 0.6 is 0 Å². The molecule has 0 fully saturated rings. The van der Waals surface area contributed by atoms with Crippen LogP contribution < -0.4 is 22.9 Å². The second-order valence-electron chi connectivity index (χ2n) is 2.54. The van der Waals surface area contributed by atoms with Crippen molar-refractivity contribution in [1.29, 1.82) is 0 Å². The molecule has 4 heteroatoms. The van der Waals surface area contributed by atoms with E-state index in [1.807, 2.05) is 6.07 Å². The van der Waals surface area contributed by atoms with E-state index in [1.165, 1.54) is 7.11 Å². The highest BCUT2D eigenvalue weighted by Crippen LogP contribution is 2.26. The number of phenols is 1. The molecule has 0 aliphatic carbocycles. The summed E-state index contributed by atoms with van der Waals surface area (Å²) in [6.07, 6.45) is 0.775. The van der Waals surface area contributed by atoms with Gasteiger partial charge in [0.25, 0.3) is 0 Å². The lowest BCUT2D eigenvalue weighted by molar-refractivity contribution is -0.00000380. The minimum Gasteiger partial charge on any atom is -1.00 e. The van der Waals surface area contributed by atoms with Gasteiger partial charge < -0.3 is 28.0 Å². The van der Waals surface area contributed by atoms with E-state index in [0.717, 1.165) is 12.0 Å². The fraction of sp³-hybridized carbons (Fsp3) is 0.333. The summed E-state index contributed by atoms with van der Waals surface area (Å²) in [6, 6.07) is 5.30. The van der Waals surface area contributed by atoms with Gasteiger partial charge in [-0.15, -0.1) is 0 Å². The fourth-order valence-electron chi connectivity index (χ4n) is 1.06. The van der Waals surface area contributed by atoms with Crippen LogP contribution in [0.25, 0.3) is 0 Å². The number of nitrogens with two attached hydrogens (primary N) is 1. The van der Waals surface area contributed by atoms with Gasteiger partial charge in [-0.1, -0.05) is 6.07 Å². The summed E-state index contributed by atoms with van der Waals surface area (Å²) >= 11 is 0. The molecule has 0 aliphatic rings. The lowest BCUT2D eigenvalue weighted by atomic mass is 10.1. The first-order valence-electron chi connectivity index (χ1n) is 3.84. The summed E-state index contributed by atoms with van der Waals surface area (Å²) < 4.78 is 4.90. The Bertz CT molecular complexity index is 266. The number of hydrogen-bond acceptors (Lipinski definition) is 3. The number of hydrogen-bond donors (Lipinski definition) is 2. The van der Waals surface area contributed by atoms with Crippen LogP contribution in [0.4, 0.5) is 0 Å². The summed E-state index contributed by atoms with van der Waals surface area (Å²) in [5, 5.41) is 9.35. The molecule has 0 bridgehead atoms. The average molecular weight is 203 g/mol. The average Bonchev–Trinajstić information content (AvgIpc) is 2.05. The third kappa shape index (κ3) is 3.13. The van der Waals surface area contributed by atoms with Gasteiger partial charge in [-0.3, -0.25) is 0 Å². The normalized spacial score (nSPS) is 9.08. The molecule has 3 nitrogen and oxygen atoms in total. The minimum atomic E-state index is 0. The van der Waals surface area contributed by atoms with Crippen molar-refractivity contribution in [2.24, 2.45) is 5.73 Å². The zero-order valence-electron chi connectivity index (χ0n) is 7.46. The third-order valence-corrected chi connectivity index (χ3v) is 1.68. The molecule has 1 rings (SSSR count). The van der Waals surface area contributed by atoms with Crippen molar-refractivity contribution in [3.05, 3.63) is 23.8 Å². The Morgan fingerprint density at radius 1 is 1.46 bits per heavy atom. The highest BCUT2D eigenvalue weighted by molar-refractivity contribution is 5.41. The van der Waals surface area contributed by atoms with Gasteiger partial charge in [-0.05, 0) is 30.7 Å². The highest BCUT2D eigenvalue weighted by atomic mass is 35.5. The fourth-order valence-corrected chi connectivity index (χ4v) is 1.06. The standard InChI is InChI=1S/C9H13NO2.ClH/c1-12-9-3-2-7(4-5-10)6-8(9)11;/h2-3,6,11H,4-5,10H2,1H3;1H/p-1. The molecular formula is C9H13ClNO2-. The van der Waals surface area contributed by atoms with Crippen molar-refractivity contribution in [3.8, 4) is 11.5 Å². The van der Waals surface area contributed by atoms with E-state index >= 15 is 0 Å². The highest BCUT2D eigenvalue weighted by Gasteiger charge is 2.00. The van der Waals surface area contributed by atoms with Gasteiger partial charge in [0.1, 0.15) is 0 Å². The number of rotatable bonds is 3. The van der Waals surface area contributed by atoms with Crippen LogP contribution in [0.1, 0.15) is 5.56 Å². The zero-order chi connectivity index (χ0) is 8.97. The molecule has 0 spiro atoms. The Hall–Kier alpha value is -0.930. The van der Waals surface area contributed by atoms with Gasteiger partial charge in [0.15, 0.2) is 11.5 Å². The Morgan fingerprint density at radius 2 is 2.15 bits per heavy atom. The third-order valence-electron chi connectivity index (χ3n) is 1.68. The van der Waals surface area contributed by atoms with Crippen LogP contribution in [0.15, 0.2) is 18.2 Å². The van der Waals surface area contributed by atoms with Gasteiger partial charge >= 0.3 is 0 Å². The van der Waals surface area contributed by atoms with Crippen LogP contribution in [-0.4, -0.2) is 18.8 Å². The monoisotopic (exact) mass is 202 g/mol. The Morgan fingerprint density at radius 3 is 2.62 bits per heavy atom. The first-order valence-corrected chi connectivity index (χ1v) is 3.84. The minimum absolute atomic E-state index is 0. The van der Waals surface area contributed by atoms with Crippen LogP contribution in [0.3, 0.4) is 0 Å². The molecule has 13 heavy (non-hydrogen) atoms. The SMILES string of the molecule is COc1ccc(CCN)cc1O.[Cl-]. The Labute approximate surface area is 83.9 Å². The van der Waals surface area contributed by atoms with Crippen LogP contribution in [0.2, 0.25) is 0 Å². The molecule has 0 heterocycles. The number of ether oxygens (including phenoxy) is 1. The molecule has 0 saturated heterocycles. The van der Waals surface area contributed by atoms with E-state index in [1.54, 1.807) is 12.1 Å². The quantitative estimate of drug-likeness (QED) is 0.591. The zero-order valence-corrected chi connectivity index (χ0v) is 8.21. The predicted molar refractivity (Wildman–Crippen MR) is 47.4 cm³/mol. The van der Waals surface area contributed by atoms with Crippen LogP contribution in [0, 0.1) is 0 Å². The first-order chi connectivity index (χ1) is 5.77. The first kappa shape index (κ1) is 12.1. The van der Waals surface area contributed by atoms with Crippen LogP contribution in [-0.2, 0) is 6.42 Å². The largest absolute Gasteiger partial charge is 1.00 e. The molecular weight excluding hydrogens is 190 g/mol. The molecule has 0 radical (unpaired) electrons. The maximum atomic E-state index is 9.35. The van der Waals surface area contributed by atoms with E-state index in [2.05, 4.69) is 0 Å². The smallest absolute Gasteiger partial charge is 0.160 e.